The third-order valence-electron chi connectivity index (χ3n) is 3.65. The van der Waals surface area contributed by atoms with Crippen molar-refractivity contribution in [2.75, 3.05) is 5.32 Å². The molecule has 3 aromatic rings. The van der Waals surface area contributed by atoms with Gasteiger partial charge in [0.25, 0.3) is 5.69 Å². The van der Waals surface area contributed by atoms with Crippen molar-refractivity contribution in [2.45, 2.75) is 12.7 Å². The molecule has 0 aliphatic heterocycles. The molecule has 0 radical (unpaired) electrons. The van der Waals surface area contributed by atoms with Crippen LogP contribution in [-0.4, -0.2) is 25.6 Å². The highest BCUT2D eigenvalue weighted by Gasteiger charge is 2.30. The lowest BCUT2D eigenvalue weighted by atomic mass is 10.2. The Morgan fingerprint density at radius 1 is 1.18 bits per heavy atom. The van der Waals surface area contributed by atoms with Crippen LogP contribution in [0.5, 0.6) is 0 Å². The van der Waals surface area contributed by atoms with Crippen LogP contribution in [0.2, 0.25) is 0 Å². The lowest BCUT2D eigenvalue weighted by Crippen LogP contribution is -2.19. The number of rotatable bonds is 5. The first kappa shape index (κ1) is 19.0. The zero-order chi connectivity index (χ0) is 20.3. The number of non-ortho nitro benzene ring substituents is 1. The van der Waals surface area contributed by atoms with E-state index in [1.807, 2.05) is 0 Å². The predicted octanol–water partition coefficient (Wildman–Crippen LogP) is 3.51. The number of halogens is 3. The van der Waals surface area contributed by atoms with Crippen LogP contribution in [0.4, 0.5) is 24.5 Å². The predicted molar refractivity (Wildman–Crippen MR) is 92.2 cm³/mol. The van der Waals surface area contributed by atoms with Crippen molar-refractivity contribution in [1.29, 1.82) is 0 Å². The molecule has 144 valence electrons. The molecule has 1 heterocycles. The molecule has 28 heavy (non-hydrogen) atoms. The summed E-state index contributed by atoms with van der Waals surface area (Å²) in [6.07, 6.45) is -3.17. The van der Waals surface area contributed by atoms with Crippen molar-refractivity contribution in [3.05, 3.63) is 70.5 Å². The Bertz CT molecular complexity index is 1020. The van der Waals surface area contributed by atoms with Gasteiger partial charge in [-0.25, -0.2) is 9.67 Å². The highest BCUT2D eigenvalue weighted by Crippen LogP contribution is 2.29. The minimum absolute atomic E-state index is 0.117. The smallest absolute Gasteiger partial charge is 0.324 e. The number of anilines is 1. The average molecular weight is 391 g/mol. The topological polar surface area (TPSA) is 103 Å². The summed E-state index contributed by atoms with van der Waals surface area (Å²) >= 11 is 0. The van der Waals surface area contributed by atoms with Crippen molar-refractivity contribution in [1.82, 2.24) is 14.8 Å². The number of nitrogens with one attached hydrogen (secondary N) is 1. The summed E-state index contributed by atoms with van der Waals surface area (Å²) in [6.45, 7) is -0.233. The van der Waals surface area contributed by atoms with Crippen molar-refractivity contribution in [3.63, 3.8) is 0 Å². The Morgan fingerprint density at radius 2 is 1.89 bits per heavy atom. The maximum absolute atomic E-state index is 12.5. The Balaban J connectivity index is 1.66. The molecule has 0 unspecified atom stereocenters. The first-order valence-electron chi connectivity index (χ1n) is 7.84. The van der Waals surface area contributed by atoms with Gasteiger partial charge < -0.3 is 5.32 Å². The number of benzene rings is 2. The standard InChI is InChI=1S/C17H12F3N5O3/c18-17(19,20)12-4-6-13(7-5-12)22-15(26)9-24-10-21-16(23-24)11-2-1-3-14(8-11)25(27)28/h1-8,10H,9H2,(H,22,26). The molecule has 0 aliphatic carbocycles. The molecule has 0 spiro atoms. The monoisotopic (exact) mass is 391 g/mol. The minimum atomic E-state index is -4.45. The Morgan fingerprint density at radius 3 is 2.54 bits per heavy atom. The Kier molecular flexibility index (Phi) is 5.07. The molecule has 0 fully saturated rings. The summed E-state index contributed by atoms with van der Waals surface area (Å²) in [5.41, 5.74) is -0.314. The van der Waals surface area contributed by atoms with E-state index in [1.54, 1.807) is 6.07 Å². The van der Waals surface area contributed by atoms with Crippen LogP contribution in [0.3, 0.4) is 0 Å². The zero-order valence-electron chi connectivity index (χ0n) is 14.1. The van der Waals surface area contributed by atoms with E-state index in [-0.39, 0.29) is 23.7 Å². The van der Waals surface area contributed by atoms with Crippen LogP contribution < -0.4 is 5.32 Å². The van der Waals surface area contributed by atoms with E-state index < -0.39 is 22.6 Å². The van der Waals surface area contributed by atoms with Crippen LogP contribution in [0.25, 0.3) is 11.4 Å². The minimum Gasteiger partial charge on any atom is -0.324 e. The molecule has 0 aliphatic rings. The number of nitrogens with zero attached hydrogens (tertiary/aromatic N) is 4. The largest absolute Gasteiger partial charge is 0.416 e. The fourth-order valence-electron chi connectivity index (χ4n) is 2.35. The number of aromatic nitrogens is 3. The molecule has 1 N–H and O–H groups in total. The first-order valence-corrected chi connectivity index (χ1v) is 7.84. The number of nitro benzene ring substituents is 1. The van der Waals surface area contributed by atoms with Crippen LogP contribution in [0.1, 0.15) is 5.56 Å². The molecule has 0 saturated carbocycles. The summed E-state index contributed by atoms with van der Waals surface area (Å²) < 4.78 is 38.8. The molecule has 0 atom stereocenters. The van der Waals surface area contributed by atoms with Gasteiger partial charge in [0.05, 0.1) is 10.5 Å². The van der Waals surface area contributed by atoms with E-state index in [0.29, 0.717) is 5.56 Å². The highest BCUT2D eigenvalue weighted by atomic mass is 19.4. The molecule has 11 heteroatoms. The Labute approximate surface area is 155 Å². The SMILES string of the molecule is O=C(Cn1cnc(-c2cccc([N+](=O)[O-])c2)n1)Nc1ccc(C(F)(F)F)cc1. The number of nitro groups is 1. The number of carbonyl (C=O) groups is 1. The molecule has 2 aromatic carbocycles. The number of alkyl halides is 3. The van der Waals surface area contributed by atoms with Gasteiger partial charge in [-0.3, -0.25) is 14.9 Å². The number of amides is 1. The molecule has 0 bridgehead atoms. The van der Waals surface area contributed by atoms with Crippen molar-refractivity contribution in [2.24, 2.45) is 0 Å². The van der Waals surface area contributed by atoms with Crippen molar-refractivity contribution in [3.8, 4) is 11.4 Å². The normalized spacial score (nSPS) is 11.2. The molecule has 0 saturated heterocycles. The van der Waals surface area contributed by atoms with Gasteiger partial charge in [-0.1, -0.05) is 12.1 Å². The van der Waals surface area contributed by atoms with Gasteiger partial charge in [-0.2, -0.15) is 18.3 Å². The summed E-state index contributed by atoms with van der Waals surface area (Å²) in [4.78, 5) is 26.3. The van der Waals surface area contributed by atoms with Crippen molar-refractivity contribution < 1.29 is 22.9 Å². The third kappa shape index (κ3) is 4.50. The van der Waals surface area contributed by atoms with Crippen LogP contribution in [0, 0.1) is 10.1 Å². The van der Waals surface area contributed by atoms with Gasteiger partial charge in [0.1, 0.15) is 12.9 Å². The van der Waals surface area contributed by atoms with E-state index in [9.17, 15) is 28.1 Å². The molecule has 1 aromatic heterocycles. The number of hydrogen-bond acceptors (Lipinski definition) is 5. The molecular weight excluding hydrogens is 379 g/mol. The lowest BCUT2D eigenvalue weighted by molar-refractivity contribution is -0.384. The quantitative estimate of drug-likeness (QED) is 0.530. The van der Waals surface area contributed by atoms with Gasteiger partial charge in [0.2, 0.25) is 5.91 Å². The second kappa shape index (κ2) is 7.47. The highest BCUT2D eigenvalue weighted by molar-refractivity contribution is 5.90. The summed E-state index contributed by atoms with van der Waals surface area (Å²) in [5.74, 6) is -0.318. The van der Waals surface area contributed by atoms with Gasteiger partial charge in [-0.15, -0.1) is 0 Å². The van der Waals surface area contributed by atoms with E-state index in [1.165, 1.54) is 29.2 Å². The summed E-state index contributed by atoms with van der Waals surface area (Å²) in [5, 5.41) is 17.4. The maximum Gasteiger partial charge on any atom is 0.416 e. The maximum atomic E-state index is 12.5. The van der Waals surface area contributed by atoms with Crippen LogP contribution >= 0.6 is 0 Å². The summed E-state index contributed by atoms with van der Waals surface area (Å²) in [7, 11) is 0. The number of hydrogen-bond donors (Lipinski definition) is 1. The van der Waals surface area contributed by atoms with E-state index in [2.05, 4.69) is 15.4 Å². The first-order chi connectivity index (χ1) is 13.2. The fraction of sp³-hybridized carbons (Fsp3) is 0.118. The number of carbonyl (C=O) groups excluding carboxylic acids is 1. The Hall–Kier alpha value is -3.76. The average Bonchev–Trinajstić information content (AvgIpc) is 3.10. The summed E-state index contributed by atoms with van der Waals surface area (Å²) in [6, 6.07) is 9.75. The van der Waals surface area contributed by atoms with Gasteiger partial charge >= 0.3 is 6.18 Å². The molecule has 3 rings (SSSR count). The van der Waals surface area contributed by atoms with Crippen LogP contribution in [-0.2, 0) is 17.5 Å². The van der Waals surface area contributed by atoms with Gasteiger partial charge in [-0.05, 0) is 24.3 Å². The fourth-order valence-corrected chi connectivity index (χ4v) is 2.35. The molecule has 8 nitrogen and oxygen atoms in total. The zero-order valence-corrected chi connectivity index (χ0v) is 14.1. The molecule has 1 amide bonds. The van der Waals surface area contributed by atoms with Crippen molar-refractivity contribution >= 4 is 17.3 Å². The molecular formula is C17H12F3N5O3. The van der Waals surface area contributed by atoms with Gasteiger partial charge in [0, 0.05) is 23.4 Å². The van der Waals surface area contributed by atoms with Gasteiger partial charge in [0.15, 0.2) is 5.82 Å². The van der Waals surface area contributed by atoms with E-state index in [4.69, 9.17) is 0 Å². The second-order valence-electron chi connectivity index (χ2n) is 5.70. The van der Waals surface area contributed by atoms with E-state index in [0.717, 1.165) is 24.3 Å². The van der Waals surface area contributed by atoms with Crippen LogP contribution in [0.15, 0.2) is 54.9 Å². The lowest BCUT2D eigenvalue weighted by Gasteiger charge is -2.08. The third-order valence-corrected chi connectivity index (χ3v) is 3.65. The second-order valence-corrected chi connectivity index (χ2v) is 5.70. The van der Waals surface area contributed by atoms with E-state index >= 15 is 0 Å².